The fourth-order valence-corrected chi connectivity index (χ4v) is 2.39. The van der Waals surface area contributed by atoms with E-state index in [4.69, 9.17) is 5.11 Å². The van der Waals surface area contributed by atoms with Gasteiger partial charge >= 0.3 is 5.97 Å². The molecule has 102 valence electrons. The number of hydrogen-bond acceptors (Lipinski definition) is 2. The number of carboxylic acid groups (broad SMARTS) is 1. The number of benzene rings is 1. The number of carboxylic acids is 1. The number of imidazole rings is 1. The molecule has 1 aromatic carbocycles. The van der Waals surface area contributed by atoms with E-state index in [2.05, 4.69) is 16.5 Å². The third-order valence-corrected chi connectivity index (χ3v) is 3.49. The first-order chi connectivity index (χ1) is 9.69. The van der Waals surface area contributed by atoms with Crippen LogP contribution in [0.15, 0.2) is 43.0 Å². The molecule has 0 radical (unpaired) electrons. The van der Waals surface area contributed by atoms with Crippen molar-refractivity contribution in [2.75, 3.05) is 0 Å². The highest BCUT2D eigenvalue weighted by Crippen LogP contribution is 2.19. The molecule has 3 aromatic rings. The molecule has 0 aliphatic carbocycles. The number of carbonyl (C=O) groups is 1. The Morgan fingerprint density at radius 2 is 2.15 bits per heavy atom. The molecular weight excluding hydrogens is 254 g/mol. The lowest BCUT2D eigenvalue weighted by atomic mass is 10.1. The van der Waals surface area contributed by atoms with Gasteiger partial charge in [0, 0.05) is 24.5 Å². The SMILES string of the molecule is CCn1cncc1Cn1ccc2ccc(C(=O)O)cc21. The molecule has 0 unspecified atom stereocenters. The van der Waals surface area contributed by atoms with E-state index >= 15 is 0 Å². The van der Waals surface area contributed by atoms with E-state index in [1.54, 1.807) is 12.1 Å². The summed E-state index contributed by atoms with van der Waals surface area (Å²) in [6.45, 7) is 3.62. The Morgan fingerprint density at radius 3 is 2.90 bits per heavy atom. The second kappa shape index (κ2) is 4.85. The van der Waals surface area contributed by atoms with E-state index in [9.17, 15) is 4.79 Å². The van der Waals surface area contributed by atoms with E-state index in [0.717, 1.165) is 23.1 Å². The van der Waals surface area contributed by atoms with Crippen LogP contribution < -0.4 is 0 Å². The van der Waals surface area contributed by atoms with Crippen LogP contribution in [0.25, 0.3) is 10.9 Å². The van der Waals surface area contributed by atoms with Gasteiger partial charge in [-0.1, -0.05) is 6.07 Å². The van der Waals surface area contributed by atoms with Crippen molar-refractivity contribution in [3.8, 4) is 0 Å². The fraction of sp³-hybridized carbons (Fsp3) is 0.200. The molecule has 2 aromatic heterocycles. The molecule has 20 heavy (non-hydrogen) atoms. The summed E-state index contributed by atoms with van der Waals surface area (Å²) in [5.41, 5.74) is 2.33. The van der Waals surface area contributed by atoms with Crippen molar-refractivity contribution in [2.45, 2.75) is 20.0 Å². The summed E-state index contributed by atoms with van der Waals surface area (Å²) >= 11 is 0. The van der Waals surface area contributed by atoms with Crippen LogP contribution in [0.5, 0.6) is 0 Å². The maximum absolute atomic E-state index is 11.1. The van der Waals surface area contributed by atoms with Gasteiger partial charge in [-0.3, -0.25) is 0 Å². The highest BCUT2D eigenvalue weighted by Gasteiger charge is 2.08. The van der Waals surface area contributed by atoms with Gasteiger partial charge in [0.2, 0.25) is 0 Å². The summed E-state index contributed by atoms with van der Waals surface area (Å²) in [5.74, 6) is -0.904. The van der Waals surface area contributed by atoms with E-state index in [0.29, 0.717) is 12.1 Å². The van der Waals surface area contributed by atoms with Gasteiger partial charge in [0.15, 0.2) is 0 Å². The van der Waals surface area contributed by atoms with Gasteiger partial charge in [-0.2, -0.15) is 0 Å². The molecule has 0 fully saturated rings. The van der Waals surface area contributed by atoms with Crippen molar-refractivity contribution >= 4 is 16.9 Å². The van der Waals surface area contributed by atoms with Gasteiger partial charge in [-0.05, 0) is 30.5 Å². The second-order valence-electron chi connectivity index (χ2n) is 4.69. The Bertz CT molecular complexity index is 770. The van der Waals surface area contributed by atoms with Crippen LogP contribution in [0.2, 0.25) is 0 Å². The van der Waals surface area contributed by atoms with Crippen LogP contribution in [0.3, 0.4) is 0 Å². The first kappa shape index (κ1) is 12.5. The molecule has 2 heterocycles. The third kappa shape index (κ3) is 2.07. The van der Waals surface area contributed by atoms with Crippen molar-refractivity contribution in [1.82, 2.24) is 14.1 Å². The second-order valence-corrected chi connectivity index (χ2v) is 4.69. The minimum absolute atomic E-state index is 0.307. The molecule has 0 saturated carbocycles. The van der Waals surface area contributed by atoms with Gasteiger partial charge in [0.05, 0.1) is 24.1 Å². The number of nitrogens with zero attached hydrogens (tertiary/aromatic N) is 3. The molecule has 3 rings (SSSR count). The summed E-state index contributed by atoms with van der Waals surface area (Å²) in [6, 6.07) is 7.18. The Labute approximate surface area is 116 Å². The van der Waals surface area contributed by atoms with Gasteiger partial charge in [0.1, 0.15) is 0 Å². The fourth-order valence-electron chi connectivity index (χ4n) is 2.39. The van der Waals surface area contributed by atoms with E-state index in [1.807, 2.05) is 35.4 Å². The van der Waals surface area contributed by atoms with Gasteiger partial charge in [-0.15, -0.1) is 0 Å². The minimum Gasteiger partial charge on any atom is -0.478 e. The number of fused-ring (bicyclic) bond motifs is 1. The summed E-state index contributed by atoms with van der Waals surface area (Å²) in [4.78, 5) is 15.2. The van der Waals surface area contributed by atoms with Crippen LogP contribution >= 0.6 is 0 Å². The molecule has 0 saturated heterocycles. The summed E-state index contributed by atoms with van der Waals surface area (Å²) in [5, 5.41) is 10.1. The maximum atomic E-state index is 11.1. The zero-order valence-corrected chi connectivity index (χ0v) is 11.2. The standard InChI is InChI=1S/C15H15N3O2/c1-2-17-10-16-8-13(17)9-18-6-5-11-3-4-12(15(19)20)7-14(11)18/h3-8,10H,2,9H2,1H3,(H,19,20). The van der Waals surface area contributed by atoms with Gasteiger partial charge in [0.25, 0.3) is 0 Å². The predicted octanol–water partition coefficient (Wildman–Crippen LogP) is 2.60. The minimum atomic E-state index is -0.904. The lowest BCUT2D eigenvalue weighted by molar-refractivity contribution is 0.0697. The molecule has 1 N–H and O–H groups in total. The Hall–Kier alpha value is -2.56. The molecular formula is C15H15N3O2. The normalized spacial score (nSPS) is 11.1. The average Bonchev–Trinajstić information content (AvgIpc) is 3.05. The van der Waals surface area contributed by atoms with E-state index in [-0.39, 0.29) is 0 Å². The monoisotopic (exact) mass is 269 g/mol. The lowest BCUT2D eigenvalue weighted by Gasteiger charge is -2.08. The highest BCUT2D eigenvalue weighted by molar-refractivity contribution is 5.93. The van der Waals surface area contributed by atoms with Crippen molar-refractivity contribution in [2.24, 2.45) is 0 Å². The molecule has 0 bridgehead atoms. The molecule has 0 atom stereocenters. The number of aryl methyl sites for hydroxylation is 1. The molecule has 5 heteroatoms. The molecule has 0 amide bonds. The van der Waals surface area contributed by atoms with Gasteiger partial charge in [-0.25, -0.2) is 9.78 Å². The lowest BCUT2D eigenvalue weighted by Crippen LogP contribution is -2.05. The van der Waals surface area contributed by atoms with Crippen LogP contribution in [0.1, 0.15) is 23.0 Å². The molecule has 0 spiro atoms. The Morgan fingerprint density at radius 1 is 1.30 bits per heavy atom. The number of aromatic nitrogens is 3. The van der Waals surface area contributed by atoms with Crippen molar-refractivity contribution < 1.29 is 9.90 Å². The zero-order valence-electron chi connectivity index (χ0n) is 11.2. The number of rotatable bonds is 4. The van der Waals surface area contributed by atoms with Crippen LogP contribution in [-0.2, 0) is 13.1 Å². The first-order valence-corrected chi connectivity index (χ1v) is 6.50. The van der Waals surface area contributed by atoms with Crippen LogP contribution in [-0.4, -0.2) is 25.2 Å². The quantitative estimate of drug-likeness (QED) is 0.792. The highest BCUT2D eigenvalue weighted by atomic mass is 16.4. The summed E-state index contributed by atoms with van der Waals surface area (Å²) < 4.78 is 4.12. The largest absolute Gasteiger partial charge is 0.478 e. The first-order valence-electron chi connectivity index (χ1n) is 6.50. The molecule has 0 aliphatic rings. The van der Waals surface area contributed by atoms with Crippen LogP contribution in [0, 0.1) is 0 Å². The maximum Gasteiger partial charge on any atom is 0.335 e. The molecule has 0 aliphatic heterocycles. The third-order valence-electron chi connectivity index (χ3n) is 3.49. The Balaban J connectivity index is 2.03. The average molecular weight is 269 g/mol. The van der Waals surface area contributed by atoms with Crippen molar-refractivity contribution in [1.29, 1.82) is 0 Å². The number of hydrogen-bond donors (Lipinski definition) is 1. The topological polar surface area (TPSA) is 60.0 Å². The van der Waals surface area contributed by atoms with Gasteiger partial charge < -0.3 is 14.2 Å². The van der Waals surface area contributed by atoms with E-state index in [1.165, 1.54) is 0 Å². The van der Waals surface area contributed by atoms with Crippen molar-refractivity contribution in [3.63, 3.8) is 0 Å². The molecule has 5 nitrogen and oxygen atoms in total. The Kier molecular flexibility index (Phi) is 3.02. The smallest absolute Gasteiger partial charge is 0.335 e. The van der Waals surface area contributed by atoms with E-state index < -0.39 is 5.97 Å². The number of aromatic carboxylic acids is 1. The zero-order chi connectivity index (χ0) is 14.1. The predicted molar refractivity (Wildman–Crippen MR) is 75.9 cm³/mol. The van der Waals surface area contributed by atoms with Crippen LogP contribution in [0.4, 0.5) is 0 Å². The van der Waals surface area contributed by atoms with Crippen molar-refractivity contribution in [3.05, 3.63) is 54.2 Å². The summed E-state index contributed by atoms with van der Waals surface area (Å²) in [7, 11) is 0. The summed E-state index contributed by atoms with van der Waals surface area (Å²) in [6.07, 6.45) is 5.63.